The van der Waals surface area contributed by atoms with Crippen LogP contribution in [0.1, 0.15) is 51.9 Å². The maximum absolute atomic E-state index is 12.2. The molecule has 0 radical (unpaired) electrons. The number of hydrogen-bond donors (Lipinski definition) is 1. The average Bonchev–Trinajstić information content (AvgIpc) is 3.25. The second-order valence-electron chi connectivity index (χ2n) is 5.74. The fraction of sp³-hybridized carbons (Fsp3) is 0.933. The Morgan fingerprint density at radius 2 is 2.00 bits per heavy atom. The van der Waals surface area contributed by atoms with E-state index < -0.39 is 0 Å². The van der Waals surface area contributed by atoms with Gasteiger partial charge >= 0.3 is 0 Å². The lowest BCUT2D eigenvalue weighted by molar-refractivity contribution is -0.133. The summed E-state index contributed by atoms with van der Waals surface area (Å²) < 4.78 is 5.82. The molecule has 0 aromatic heterocycles. The maximum atomic E-state index is 12.2. The third kappa shape index (κ3) is 5.11. The van der Waals surface area contributed by atoms with E-state index in [4.69, 9.17) is 4.74 Å². The zero-order valence-electron chi connectivity index (χ0n) is 12.2. The standard InChI is InChI=1S/C15H28N2O2/c1-2-3-11-17(13-4-5-13)15(18)8-12-19-14-6-9-16-10-7-14/h13-14,16H,2-12H2,1H3. The van der Waals surface area contributed by atoms with Crippen LogP contribution in [0.25, 0.3) is 0 Å². The predicted molar refractivity (Wildman–Crippen MR) is 76.1 cm³/mol. The van der Waals surface area contributed by atoms with Gasteiger partial charge in [0.1, 0.15) is 0 Å². The molecule has 1 heterocycles. The summed E-state index contributed by atoms with van der Waals surface area (Å²) in [7, 11) is 0. The van der Waals surface area contributed by atoms with Crippen molar-refractivity contribution in [3.8, 4) is 0 Å². The van der Waals surface area contributed by atoms with Gasteiger partial charge < -0.3 is 15.0 Å². The van der Waals surface area contributed by atoms with E-state index in [1.807, 2.05) is 0 Å². The molecule has 4 heteroatoms. The molecule has 110 valence electrons. The van der Waals surface area contributed by atoms with Crippen LogP contribution in [0.5, 0.6) is 0 Å². The van der Waals surface area contributed by atoms with Crippen LogP contribution in [-0.4, -0.2) is 49.2 Å². The predicted octanol–water partition coefficient (Wildman–Crippen LogP) is 1.94. The van der Waals surface area contributed by atoms with Crippen molar-refractivity contribution < 1.29 is 9.53 Å². The first-order chi connectivity index (χ1) is 9.31. The van der Waals surface area contributed by atoms with Crippen LogP contribution < -0.4 is 5.32 Å². The van der Waals surface area contributed by atoms with Crippen molar-refractivity contribution in [3.63, 3.8) is 0 Å². The van der Waals surface area contributed by atoms with Gasteiger partial charge in [0.25, 0.3) is 0 Å². The molecule has 0 spiro atoms. The van der Waals surface area contributed by atoms with Gasteiger partial charge in [-0.1, -0.05) is 13.3 Å². The quantitative estimate of drug-likeness (QED) is 0.731. The lowest BCUT2D eigenvalue weighted by Gasteiger charge is -2.25. The maximum Gasteiger partial charge on any atom is 0.225 e. The molecule has 1 saturated carbocycles. The lowest BCUT2D eigenvalue weighted by Crippen LogP contribution is -2.36. The number of unbranched alkanes of at least 4 members (excludes halogenated alkanes) is 1. The van der Waals surface area contributed by atoms with Crippen molar-refractivity contribution in [2.45, 2.75) is 64.0 Å². The molecule has 0 atom stereocenters. The van der Waals surface area contributed by atoms with Gasteiger partial charge in [-0.05, 0) is 45.2 Å². The molecule has 2 rings (SSSR count). The number of nitrogens with one attached hydrogen (secondary N) is 1. The van der Waals surface area contributed by atoms with E-state index in [9.17, 15) is 4.79 Å². The molecule has 19 heavy (non-hydrogen) atoms. The lowest BCUT2D eigenvalue weighted by atomic mass is 10.1. The van der Waals surface area contributed by atoms with E-state index in [-0.39, 0.29) is 0 Å². The molecule has 1 saturated heterocycles. The number of ether oxygens (including phenoxy) is 1. The number of amides is 1. The first-order valence-electron chi connectivity index (χ1n) is 7.93. The topological polar surface area (TPSA) is 41.6 Å². The van der Waals surface area contributed by atoms with Crippen LogP contribution >= 0.6 is 0 Å². The molecule has 2 fully saturated rings. The van der Waals surface area contributed by atoms with Gasteiger partial charge in [-0.2, -0.15) is 0 Å². The highest BCUT2D eigenvalue weighted by atomic mass is 16.5. The highest BCUT2D eigenvalue weighted by molar-refractivity contribution is 5.77. The van der Waals surface area contributed by atoms with Crippen LogP contribution in [0, 0.1) is 0 Å². The summed E-state index contributed by atoms with van der Waals surface area (Å²) in [5.74, 6) is 0.296. The minimum Gasteiger partial charge on any atom is -0.378 e. The number of rotatable bonds is 8. The summed E-state index contributed by atoms with van der Waals surface area (Å²) in [6.45, 7) is 5.80. The summed E-state index contributed by atoms with van der Waals surface area (Å²) in [4.78, 5) is 14.3. The Morgan fingerprint density at radius 1 is 1.26 bits per heavy atom. The SMILES string of the molecule is CCCCN(C(=O)CCOC1CCNCC1)C1CC1. The van der Waals surface area contributed by atoms with Crippen molar-refractivity contribution in [2.75, 3.05) is 26.2 Å². The molecule has 0 aromatic carbocycles. The Labute approximate surface area is 116 Å². The number of hydrogen-bond acceptors (Lipinski definition) is 3. The molecule has 4 nitrogen and oxygen atoms in total. The second-order valence-corrected chi connectivity index (χ2v) is 5.74. The van der Waals surface area contributed by atoms with Crippen LogP contribution in [0.3, 0.4) is 0 Å². The second kappa shape index (κ2) is 7.85. The number of carbonyl (C=O) groups is 1. The van der Waals surface area contributed by atoms with Crippen molar-refractivity contribution in [1.82, 2.24) is 10.2 Å². The van der Waals surface area contributed by atoms with E-state index in [0.717, 1.165) is 45.3 Å². The molecular formula is C15H28N2O2. The van der Waals surface area contributed by atoms with Crippen LogP contribution in [0.4, 0.5) is 0 Å². The number of carbonyl (C=O) groups excluding carboxylic acids is 1. The number of nitrogens with zero attached hydrogens (tertiary/aromatic N) is 1. The monoisotopic (exact) mass is 268 g/mol. The third-order valence-corrected chi connectivity index (χ3v) is 4.02. The first-order valence-corrected chi connectivity index (χ1v) is 7.93. The summed E-state index contributed by atoms with van der Waals surface area (Å²) in [5, 5.41) is 3.32. The van der Waals surface area contributed by atoms with Crippen LogP contribution in [0.2, 0.25) is 0 Å². The summed E-state index contributed by atoms with van der Waals surface area (Å²) >= 11 is 0. The van der Waals surface area contributed by atoms with Crippen LogP contribution in [-0.2, 0) is 9.53 Å². The summed E-state index contributed by atoms with van der Waals surface area (Å²) in [5.41, 5.74) is 0. The fourth-order valence-electron chi connectivity index (χ4n) is 2.64. The van der Waals surface area contributed by atoms with Crippen molar-refractivity contribution in [2.24, 2.45) is 0 Å². The van der Waals surface area contributed by atoms with Gasteiger partial charge in [-0.3, -0.25) is 4.79 Å². The van der Waals surface area contributed by atoms with Crippen molar-refractivity contribution >= 4 is 5.91 Å². The average molecular weight is 268 g/mol. The highest BCUT2D eigenvalue weighted by Crippen LogP contribution is 2.27. The summed E-state index contributed by atoms with van der Waals surface area (Å²) in [6, 6.07) is 0.540. The summed E-state index contributed by atoms with van der Waals surface area (Å²) in [6.07, 6.45) is 7.75. The Morgan fingerprint density at radius 3 is 2.63 bits per heavy atom. The molecule has 1 aliphatic heterocycles. The van der Waals surface area contributed by atoms with E-state index in [2.05, 4.69) is 17.1 Å². The molecule has 0 bridgehead atoms. The molecular weight excluding hydrogens is 240 g/mol. The van der Waals surface area contributed by atoms with Gasteiger partial charge in [0.05, 0.1) is 19.1 Å². The van der Waals surface area contributed by atoms with Gasteiger partial charge in [0, 0.05) is 12.6 Å². The van der Waals surface area contributed by atoms with Gasteiger partial charge in [0.2, 0.25) is 5.91 Å². The van der Waals surface area contributed by atoms with Crippen LogP contribution in [0.15, 0.2) is 0 Å². The molecule has 1 N–H and O–H groups in total. The van der Waals surface area contributed by atoms with E-state index >= 15 is 0 Å². The largest absolute Gasteiger partial charge is 0.378 e. The minimum atomic E-state index is 0.296. The Kier molecular flexibility index (Phi) is 6.11. The van der Waals surface area contributed by atoms with Gasteiger partial charge in [-0.25, -0.2) is 0 Å². The minimum absolute atomic E-state index is 0.296. The molecule has 1 amide bonds. The third-order valence-electron chi connectivity index (χ3n) is 4.02. The fourth-order valence-corrected chi connectivity index (χ4v) is 2.64. The van der Waals surface area contributed by atoms with Crippen molar-refractivity contribution in [1.29, 1.82) is 0 Å². The molecule has 0 aromatic rings. The van der Waals surface area contributed by atoms with Gasteiger partial charge in [-0.15, -0.1) is 0 Å². The Balaban J connectivity index is 1.63. The van der Waals surface area contributed by atoms with Gasteiger partial charge in [0.15, 0.2) is 0 Å². The van der Waals surface area contributed by atoms with E-state index in [0.29, 0.717) is 31.1 Å². The zero-order chi connectivity index (χ0) is 13.5. The van der Waals surface area contributed by atoms with E-state index in [1.165, 1.54) is 12.8 Å². The molecule has 1 aliphatic carbocycles. The normalized spacial score (nSPS) is 20.5. The Hall–Kier alpha value is -0.610. The number of piperidine rings is 1. The molecule has 0 unspecified atom stereocenters. The van der Waals surface area contributed by atoms with E-state index in [1.54, 1.807) is 0 Å². The smallest absolute Gasteiger partial charge is 0.225 e. The first kappa shape index (κ1) is 14.8. The molecule has 2 aliphatic rings. The highest BCUT2D eigenvalue weighted by Gasteiger charge is 2.31. The van der Waals surface area contributed by atoms with Crippen molar-refractivity contribution in [3.05, 3.63) is 0 Å². The zero-order valence-corrected chi connectivity index (χ0v) is 12.2. The Bertz CT molecular complexity index is 273.